The van der Waals surface area contributed by atoms with Crippen molar-refractivity contribution in [2.45, 2.75) is 12.8 Å². The molecule has 1 N–H and O–H groups in total. The zero-order chi connectivity index (χ0) is 14.3. The van der Waals surface area contributed by atoms with Crippen molar-refractivity contribution in [1.29, 1.82) is 5.26 Å². The number of nitrogens with one attached hydrogen (secondary N) is 1. The summed E-state index contributed by atoms with van der Waals surface area (Å²) in [6, 6.07) is 5.82. The van der Waals surface area contributed by atoms with Crippen LogP contribution in [0.2, 0.25) is 0 Å². The number of rotatable bonds is 6. The van der Waals surface area contributed by atoms with Crippen LogP contribution in [0.4, 0.5) is 5.69 Å². The molecule has 0 radical (unpaired) electrons. The number of carbonyl (C=O) groups excluding carboxylic acids is 1. The fourth-order valence-electron chi connectivity index (χ4n) is 1.39. The quantitative estimate of drug-likeness (QED) is 0.474. The molecule has 0 bridgehead atoms. The summed E-state index contributed by atoms with van der Waals surface area (Å²) >= 11 is 0. The highest BCUT2D eigenvalue weighted by atomic mass is 16.6. The molecule has 0 heterocycles. The molecule has 1 aromatic rings. The van der Waals surface area contributed by atoms with E-state index in [1.54, 1.807) is 0 Å². The van der Waals surface area contributed by atoms with E-state index >= 15 is 0 Å². The summed E-state index contributed by atoms with van der Waals surface area (Å²) in [6.45, 7) is 0.195. The van der Waals surface area contributed by atoms with Crippen molar-refractivity contribution in [3.05, 3.63) is 33.9 Å². The molecule has 1 rings (SSSR count). The molecule has 0 atom stereocenters. The smallest absolute Gasteiger partial charge is 0.312 e. The van der Waals surface area contributed by atoms with Gasteiger partial charge in [-0.2, -0.15) is 5.26 Å². The predicted molar refractivity (Wildman–Crippen MR) is 66.6 cm³/mol. The SMILES string of the molecule is CNC(=O)CCCOc1ccc(C#N)cc1[N+](=O)[O-]. The van der Waals surface area contributed by atoms with Crippen molar-refractivity contribution >= 4 is 11.6 Å². The number of amides is 1. The molecule has 19 heavy (non-hydrogen) atoms. The van der Waals surface area contributed by atoms with Gasteiger partial charge in [0, 0.05) is 19.5 Å². The van der Waals surface area contributed by atoms with Crippen LogP contribution in [0.3, 0.4) is 0 Å². The molecule has 1 aromatic carbocycles. The molecule has 100 valence electrons. The summed E-state index contributed by atoms with van der Waals surface area (Å²) in [5.41, 5.74) is -0.0524. The van der Waals surface area contributed by atoms with Gasteiger partial charge in [-0.1, -0.05) is 0 Å². The second-order valence-corrected chi connectivity index (χ2v) is 3.68. The molecular weight excluding hydrogens is 250 g/mol. The molecule has 0 aliphatic carbocycles. The van der Waals surface area contributed by atoms with E-state index in [1.807, 2.05) is 6.07 Å². The summed E-state index contributed by atoms with van der Waals surface area (Å²) in [6.07, 6.45) is 0.747. The fourth-order valence-corrected chi connectivity index (χ4v) is 1.39. The highest BCUT2D eigenvalue weighted by molar-refractivity contribution is 5.75. The molecule has 0 spiro atoms. The largest absolute Gasteiger partial charge is 0.487 e. The Hall–Kier alpha value is -2.62. The first kappa shape index (κ1) is 14.4. The number of nitro groups is 1. The second-order valence-electron chi connectivity index (χ2n) is 3.68. The van der Waals surface area contributed by atoms with Gasteiger partial charge in [0.25, 0.3) is 0 Å². The maximum atomic E-state index is 11.0. The van der Waals surface area contributed by atoms with Gasteiger partial charge in [0.1, 0.15) is 0 Å². The Labute approximate surface area is 109 Å². The van der Waals surface area contributed by atoms with Crippen molar-refractivity contribution < 1.29 is 14.5 Å². The average Bonchev–Trinajstić information content (AvgIpc) is 2.43. The third kappa shape index (κ3) is 4.27. The van der Waals surface area contributed by atoms with Crippen LogP contribution in [0, 0.1) is 21.4 Å². The Morgan fingerprint density at radius 2 is 2.32 bits per heavy atom. The van der Waals surface area contributed by atoms with Crippen LogP contribution in [0.5, 0.6) is 5.75 Å². The van der Waals surface area contributed by atoms with Crippen LogP contribution in [-0.4, -0.2) is 24.5 Å². The average molecular weight is 263 g/mol. The number of ether oxygens (including phenoxy) is 1. The monoisotopic (exact) mass is 263 g/mol. The molecule has 0 aliphatic heterocycles. The third-order valence-corrected chi connectivity index (χ3v) is 2.37. The molecule has 0 fully saturated rings. The van der Waals surface area contributed by atoms with Crippen LogP contribution in [0.1, 0.15) is 18.4 Å². The summed E-state index contributed by atoms with van der Waals surface area (Å²) in [5.74, 6) is -0.0150. The minimum Gasteiger partial charge on any atom is -0.487 e. The van der Waals surface area contributed by atoms with E-state index in [0.29, 0.717) is 12.8 Å². The number of nitrogens with zero attached hydrogens (tertiary/aromatic N) is 2. The van der Waals surface area contributed by atoms with Gasteiger partial charge < -0.3 is 10.1 Å². The summed E-state index contributed by atoms with van der Waals surface area (Å²) in [5, 5.41) is 22.0. The first-order valence-electron chi connectivity index (χ1n) is 5.60. The lowest BCUT2D eigenvalue weighted by Gasteiger charge is -2.06. The Bertz CT molecular complexity index is 522. The van der Waals surface area contributed by atoms with Crippen LogP contribution in [0.25, 0.3) is 0 Å². The number of benzene rings is 1. The minimum absolute atomic E-state index is 0.0981. The maximum absolute atomic E-state index is 11.0. The number of hydrogen-bond acceptors (Lipinski definition) is 5. The van der Waals surface area contributed by atoms with Crippen LogP contribution in [0.15, 0.2) is 18.2 Å². The Kier molecular flexibility index (Phi) is 5.29. The van der Waals surface area contributed by atoms with Crippen molar-refractivity contribution in [2.24, 2.45) is 0 Å². The molecule has 0 saturated carbocycles. The van der Waals surface area contributed by atoms with Crippen molar-refractivity contribution in [3.8, 4) is 11.8 Å². The number of nitriles is 1. The lowest BCUT2D eigenvalue weighted by Crippen LogP contribution is -2.18. The molecule has 0 aliphatic rings. The molecular formula is C12H13N3O4. The van der Waals surface area contributed by atoms with Gasteiger partial charge in [0.05, 0.1) is 23.2 Å². The van der Waals surface area contributed by atoms with Crippen molar-refractivity contribution in [3.63, 3.8) is 0 Å². The lowest BCUT2D eigenvalue weighted by atomic mass is 10.2. The van der Waals surface area contributed by atoms with E-state index in [0.717, 1.165) is 6.07 Å². The van der Waals surface area contributed by atoms with Crippen LogP contribution >= 0.6 is 0 Å². The van der Waals surface area contributed by atoms with Crippen LogP contribution < -0.4 is 10.1 Å². The number of hydrogen-bond donors (Lipinski definition) is 1. The first-order chi connectivity index (χ1) is 9.08. The highest BCUT2D eigenvalue weighted by Crippen LogP contribution is 2.27. The second kappa shape index (κ2) is 6.96. The van der Waals surface area contributed by atoms with E-state index in [2.05, 4.69) is 5.32 Å². The topological polar surface area (TPSA) is 105 Å². The number of nitro benzene ring substituents is 1. The molecule has 1 amide bonds. The van der Waals surface area contributed by atoms with Gasteiger partial charge >= 0.3 is 5.69 Å². The predicted octanol–water partition coefficient (Wildman–Crippen LogP) is 1.37. The Morgan fingerprint density at radius 3 is 2.89 bits per heavy atom. The van der Waals surface area contributed by atoms with E-state index in [4.69, 9.17) is 10.00 Å². The van der Waals surface area contributed by atoms with Gasteiger partial charge in [0.2, 0.25) is 5.91 Å². The lowest BCUT2D eigenvalue weighted by molar-refractivity contribution is -0.385. The van der Waals surface area contributed by atoms with E-state index < -0.39 is 4.92 Å². The van der Waals surface area contributed by atoms with Crippen LogP contribution in [-0.2, 0) is 4.79 Å². The van der Waals surface area contributed by atoms with E-state index in [1.165, 1.54) is 19.2 Å². The van der Waals surface area contributed by atoms with Gasteiger partial charge in [0.15, 0.2) is 5.75 Å². The van der Waals surface area contributed by atoms with Gasteiger partial charge in [-0.3, -0.25) is 14.9 Å². The van der Waals surface area contributed by atoms with Gasteiger partial charge in [-0.25, -0.2) is 0 Å². The number of carbonyl (C=O) groups is 1. The summed E-state index contributed by atoms with van der Waals surface area (Å²) in [4.78, 5) is 21.2. The summed E-state index contributed by atoms with van der Waals surface area (Å²) < 4.78 is 5.26. The van der Waals surface area contributed by atoms with Gasteiger partial charge in [-0.05, 0) is 18.6 Å². The van der Waals surface area contributed by atoms with Crippen molar-refractivity contribution in [1.82, 2.24) is 5.32 Å². The zero-order valence-electron chi connectivity index (χ0n) is 10.4. The highest BCUT2D eigenvalue weighted by Gasteiger charge is 2.16. The third-order valence-electron chi connectivity index (χ3n) is 2.37. The molecule has 0 unspecified atom stereocenters. The maximum Gasteiger partial charge on any atom is 0.312 e. The standard InChI is InChI=1S/C12H13N3O4/c1-14-12(16)3-2-6-19-11-5-4-9(8-13)7-10(11)15(17)18/h4-5,7H,2-3,6H2,1H3,(H,14,16). The molecule has 0 saturated heterocycles. The van der Waals surface area contributed by atoms with E-state index in [9.17, 15) is 14.9 Å². The summed E-state index contributed by atoms with van der Waals surface area (Å²) in [7, 11) is 1.54. The fraction of sp³-hybridized carbons (Fsp3) is 0.333. The molecule has 7 heteroatoms. The van der Waals surface area contributed by atoms with E-state index in [-0.39, 0.29) is 29.5 Å². The zero-order valence-corrected chi connectivity index (χ0v) is 10.4. The molecule has 7 nitrogen and oxygen atoms in total. The molecule has 0 aromatic heterocycles. The Morgan fingerprint density at radius 1 is 1.58 bits per heavy atom. The normalized spacial score (nSPS) is 9.47. The first-order valence-corrected chi connectivity index (χ1v) is 5.60. The minimum atomic E-state index is -0.602. The van der Waals surface area contributed by atoms with Crippen molar-refractivity contribution in [2.75, 3.05) is 13.7 Å². The van der Waals surface area contributed by atoms with Gasteiger partial charge in [-0.15, -0.1) is 0 Å². The Balaban J connectivity index is 2.65.